The van der Waals surface area contributed by atoms with Gasteiger partial charge in [-0.05, 0) is 62.9 Å². The minimum Gasteiger partial charge on any atom is -0.458 e. The van der Waals surface area contributed by atoms with Gasteiger partial charge in [0.25, 0.3) is 0 Å². The number of benzene rings is 1. The Morgan fingerprint density at radius 3 is 2.18 bits per heavy atom. The van der Waals surface area contributed by atoms with Gasteiger partial charge in [-0.3, -0.25) is 9.59 Å². The first-order valence-electron chi connectivity index (χ1n) is 14.7. The van der Waals surface area contributed by atoms with Gasteiger partial charge in [0, 0.05) is 19.3 Å². The summed E-state index contributed by atoms with van der Waals surface area (Å²) < 4.78 is 25.8. The van der Waals surface area contributed by atoms with E-state index in [2.05, 4.69) is 35.7 Å². The number of carbonyl (C=O) groups excluding carboxylic acids is 3. The lowest BCUT2D eigenvalue weighted by Gasteiger charge is -2.66. The van der Waals surface area contributed by atoms with E-state index in [1.807, 2.05) is 13.8 Å². The van der Waals surface area contributed by atoms with Gasteiger partial charge in [-0.2, -0.15) is 0 Å². The van der Waals surface area contributed by atoms with E-state index in [4.69, 9.17) is 18.7 Å². The van der Waals surface area contributed by atoms with E-state index in [1.54, 1.807) is 44.2 Å². The van der Waals surface area contributed by atoms with E-state index >= 15 is 4.79 Å². The van der Waals surface area contributed by atoms with E-state index in [-0.39, 0.29) is 19.4 Å². The van der Waals surface area contributed by atoms with Crippen LogP contribution in [0.5, 0.6) is 0 Å². The van der Waals surface area contributed by atoms with Crippen molar-refractivity contribution in [3.63, 3.8) is 0 Å². The van der Waals surface area contributed by atoms with Gasteiger partial charge < -0.3 is 28.9 Å². The molecule has 3 aliphatic carbocycles. The van der Waals surface area contributed by atoms with Crippen molar-refractivity contribution in [1.82, 2.24) is 0 Å². The second-order valence-electron chi connectivity index (χ2n) is 13.1. The van der Waals surface area contributed by atoms with E-state index in [0.29, 0.717) is 16.7 Å². The van der Waals surface area contributed by atoms with Gasteiger partial charge in [-0.15, -0.1) is 35.7 Å². The molecule has 0 amide bonds. The fraction of sp³-hybridized carbons (Fsp3) is 0.621. The van der Waals surface area contributed by atoms with Crippen LogP contribution in [-0.4, -0.2) is 70.7 Å². The van der Waals surface area contributed by atoms with E-state index in [0.717, 1.165) is 0 Å². The Morgan fingerprint density at radius 2 is 1.64 bits per heavy atom. The zero-order valence-corrected chi connectivity index (χ0v) is 33.3. The highest BCUT2D eigenvalue weighted by Crippen LogP contribution is 2.98. The molecular weight excluding hydrogens is 709 g/mol. The van der Waals surface area contributed by atoms with Crippen LogP contribution < -0.4 is 0 Å². The first kappa shape index (κ1) is 36.7. The number of carbonyl (C=O) groups is 3. The lowest BCUT2D eigenvalue weighted by atomic mass is 9.46. The molecule has 13 atom stereocenters. The molecule has 9 nitrogen and oxygen atoms in total. The fourth-order valence-electron chi connectivity index (χ4n) is 8.21. The summed E-state index contributed by atoms with van der Waals surface area (Å²) in [6.07, 6.45) is -4.44. The SMILES string of the molecule is CC(=O)O[C@@]12CO[C@@H]1C[C@H](OP(P(P)P)P(P)P)[C@@]1(C)C(=O)[C@H](O)C3=C(C)C(O)CC([C@@H](OC(=O)c4ccccc4)[C@H]21)C3(C)C. The average molecular weight is 752 g/mol. The van der Waals surface area contributed by atoms with Crippen LogP contribution in [-0.2, 0) is 28.3 Å². The number of esters is 2. The largest absolute Gasteiger partial charge is 0.458 e. The molecule has 2 N–H and O–H groups in total. The van der Waals surface area contributed by atoms with E-state index in [1.165, 1.54) is 6.92 Å². The van der Waals surface area contributed by atoms with Crippen molar-refractivity contribution < 1.29 is 43.3 Å². The second kappa shape index (κ2) is 13.6. The summed E-state index contributed by atoms with van der Waals surface area (Å²) in [5.41, 5.74) is -2.36. The highest BCUT2D eigenvalue weighted by Gasteiger charge is 2.75. The lowest BCUT2D eigenvalue weighted by Crippen LogP contribution is -2.79. The van der Waals surface area contributed by atoms with Gasteiger partial charge in [0.05, 0.1) is 43.2 Å². The minimum absolute atomic E-state index is 0.000883. The Hall–Kier alpha value is 0.420. The van der Waals surface area contributed by atoms with Gasteiger partial charge in [-0.25, -0.2) is 4.79 Å². The monoisotopic (exact) mass is 752 g/mol. The highest BCUT2D eigenvalue weighted by atomic mass is 33.0. The minimum atomic E-state index is -1.55. The Bertz CT molecular complexity index is 1370. The number of hydrogen-bond donors (Lipinski definition) is 2. The van der Waals surface area contributed by atoms with Crippen molar-refractivity contribution in [1.29, 1.82) is 0 Å². The lowest BCUT2D eigenvalue weighted by molar-refractivity contribution is -0.333. The van der Waals surface area contributed by atoms with Crippen molar-refractivity contribution in [2.24, 2.45) is 22.7 Å². The van der Waals surface area contributed by atoms with Crippen LogP contribution in [0.3, 0.4) is 0 Å². The quantitative estimate of drug-likeness (QED) is 0.186. The number of ketones is 1. The number of aliphatic hydroxyl groups excluding tert-OH is 2. The van der Waals surface area contributed by atoms with E-state index < -0.39 is 98.0 Å². The van der Waals surface area contributed by atoms with E-state index in [9.17, 15) is 19.8 Å². The zero-order valence-electron chi connectivity index (χ0n) is 26.0. The van der Waals surface area contributed by atoms with Crippen LogP contribution >= 0.6 is 57.2 Å². The maximum atomic E-state index is 15.1. The van der Waals surface area contributed by atoms with Crippen LogP contribution in [0.4, 0.5) is 0 Å². The maximum Gasteiger partial charge on any atom is 0.338 e. The van der Waals surface area contributed by atoms with Crippen molar-refractivity contribution in [3.8, 4) is 0 Å². The van der Waals surface area contributed by atoms with Crippen molar-refractivity contribution >= 4 is 74.9 Å². The molecule has 1 heterocycles. The van der Waals surface area contributed by atoms with Crippen LogP contribution in [0.15, 0.2) is 41.5 Å². The topological polar surface area (TPSA) is 129 Å². The van der Waals surface area contributed by atoms with Gasteiger partial charge in [0.2, 0.25) is 0 Å². The predicted octanol–water partition coefficient (Wildman–Crippen LogP) is 6.34. The van der Waals surface area contributed by atoms with Crippen LogP contribution in [0, 0.1) is 22.7 Å². The molecule has 6 unspecified atom stereocenters. The molecule has 2 saturated carbocycles. The van der Waals surface area contributed by atoms with Gasteiger partial charge in [0.1, 0.15) is 18.3 Å². The summed E-state index contributed by atoms with van der Waals surface area (Å²) in [7, 11) is 10.3. The summed E-state index contributed by atoms with van der Waals surface area (Å²) in [6, 6.07) is 8.61. The summed E-state index contributed by atoms with van der Waals surface area (Å²) >= 11 is 0. The second-order valence-corrected chi connectivity index (χ2v) is 36.7. The first-order valence-corrected chi connectivity index (χ1v) is 26.6. The molecule has 16 heteroatoms. The van der Waals surface area contributed by atoms with Crippen molar-refractivity contribution in [2.45, 2.75) is 83.6 Å². The third kappa shape index (κ3) is 6.21. The number of rotatable bonds is 7. The number of Topliss-reactive ketones (excluding diaryl/α,β-unsaturated/α-hetero) is 1. The number of aliphatic hydroxyl groups is 2. The Balaban J connectivity index is 1.79. The Labute approximate surface area is 277 Å². The molecule has 0 spiro atoms. The molecule has 5 rings (SSSR count). The maximum absolute atomic E-state index is 15.1. The molecule has 1 aromatic rings. The smallest absolute Gasteiger partial charge is 0.338 e. The third-order valence-electron chi connectivity index (χ3n) is 10.3. The normalized spacial score (nSPS) is 37.4. The zero-order chi connectivity index (χ0) is 33.2. The number of ether oxygens (including phenoxy) is 3. The molecule has 3 fully saturated rings. The van der Waals surface area contributed by atoms with Gasteiger partial charge in [0.15, 0.2) is 11.4 Å². The highest BCUT2D eigenvalue weighted by molar-refractivity contribution is 8.96. The standard InChI is InChI=1S/C29H43O9P7/c1-14-18(31)11-17-23(36-26(34)16-9-7-6-8-10-16)24-28(5,25(33)22(32)21(14)27(17,3)4)19(38-43(44(39)40)45(41)42)12-20-29(24,13-35-20)37-15(2)30/h6-10,17-20,22-24,31-32H,11-13,39-42H2,1-5H3/t17?,18?,19-,20+,22+,23+,24-,28+,29-/m0/s1. The first-order chi connectivity index (χ1) is 21.0. The average Bonchev–Trinajstić information content (AvgIpc) is 2.95. The molecule has 1 saturated heterocycles. The van der Waals surface area contributed by atoms with Crippen LogP contribution in [0.25, 0.3) is 0 Å². The molecule has 1 aromatic carbocycles. The molecular formula is C29H43O9P7. The Kier molecular flexibility index (Phi) is 11.1. The molecule has 1 aliphatic heterocycles. The molecule has 4 aliphatic rings. The van der Waals surface area contributed by atoms with Gasteiger partial charge >= 0.3 is 11.9 Å². The molecule has 248 valence electrons. The van der Waals surface area contributed by atoms with Crippen LogP contribution in [0.2, 0.25) is 0 Å². The summed E-state index contributed by atoms with van der Waals surface area (Å²) in [6.45, 7) is 7.26. The summed E-state index contributed by atoms with van der Waals surface area (Å²) in [4.78, 5) is 41.8. The fourth-order valence-corrected chi connectivity index (χ4v) is 41.1. The molecule has 0 radical (unpaired) electrons. The van der Waals surface area contributed by atoms with Crippen molar-refractivity contribution in [2.75, 3.05) is 6.61 Å². The summed E-state index contributed by atoms with van der Waals surface area (Å²) in [5.74, 6) is -3.15. The molecule has 45 heavy (non-hydrogen) atoms. The molecule has 0 aromatic heterocycles. The van der Waals surface area contributed by atoms with Crippen LogP contribution in [0.1, 0.15) is 57.8 Å². The third-order valence-corrected chi connectivity index (χ3v) is 32.8. The predicted molar refractivity (Wildman–Crippen MR) is 192 cm³/mol. The number of hydrogen-bond acceptors (Lipinski definition) is 9. The number of fused-ring (bicyclic) bond motifs is 5. The van der Waals surface area contributed by atoms with Gasteiger partial charge in [-0.1, -0.05) is 32.0 Å². The summed E-state index contributed by atoms with van der Waals surface area (Å²) in [5, 5.41) is 23.4. The van der Waals surface area contributed by atoms with Crippen molar-refractivity contribution in [3.05, 3.63) is 47.0 Å². The Morgan fingerprint density at radius 1 is 1.02 bits per heavy atom. The molecule has 2 bridgehead atoms.